The van der Waals surface area contributed by atoms with Crippen molar-refractivity contribution in [3.05, 3.63) is 83.0 Å². The molecular formula is C28H27BrF2N2O6S. The van der Waals surface area contributed by atoms with Gasteiger partial charge in [-0.1, -0.05) is 46.7 Å². The summed E-state index contributed by atoms with van der Waals surface area (Å²) in [4.78, 5) is 32.4. The molecular weight excluding hydrogens is 610 g/mol. The Hall–Kier alpha value is -3.51. The molecule has 1 atom stereocenters. The third-order valence-corrected chi connectivity index (χ3v) is 7.56. The Morgan fingerprint density at radius 3 is 2.50 bits per heavy atom. The number of thiazole rings is 1. The Morgan fingerprint density at radius 1 is 1.12 bits per heavy atom. The zero-order valence-corrected chi connectivity index (χ0v) is 24.6. The topological polar surface area (TPSA) is 88.4 Å². The van der Waals surface area contributed by atoms with Crippen LogP contribution in [0.4, 0.5) is 8.78 Å². The number of carbonyl (C=O) groups is 1. The number of nitrogens with zero attached hydrogens (tertiary/aromatic N) is 2. The molecule has 0 spiro atoms. The molecule has 0 unspecified atom stereocenters. The standard InChI is InChI=1S/C28H27BrF2N2O6S/c1-5-7-18-23(26(35)38-6-2)24(17-14-16(29)9-11-19(17)36-3)33-25(34)22(40-28(33)32-18)13-15-8-10-20(39-27(30)31)21(12-15)37-4/h8-14,24,27H,5-7H2,1-4H3/b22-13-/t24-/m0/s1. The highest BCUT2D eigenvalue weighted by atomic mass is 79.9. The number of esters is 1. The number of ether oxygens (including phenoxy) is 4. The Bertz CT molecular complexity index is 1630. The predicted octanol–water partition coefficient (Wildman–Crippen LogP) is 4.96. The number of fused-ring (bicyclic) bond motifs is 1. The molecule has 2 heterocycles. The number of allylic oxidation sites excluding steroid dienone is 1. The summed E-state index contributed by atoms with van der Waals surface area (Å²) in [6, 6.07) is 8.90. The number of benzene rings is 2. The van der Waals surface area contributed by atoms with E-state index in [0.29, 0.717) is 44.7 Å². The Morgan fingerprint density at radius 2 is 1.85 bits per heavy atom. The van der Waals surface area contributed by atoms with Crippen molar-refractivity contribution in [2.75, 3.05) is 20.8 Å². The second kappa shape index (κ2) is 12.8. The van der Waals surface area contributed by atoms with Crippen molar-refractivity contribution < 1.29 is 32.5 Å². The van der Waals surface area contributed by atoms with Gasteiger partial charge < -0.3 is 18.9 Å². The molecule has 0 saturated carbocycles. The molecule has 4 rings (SSSR count). The zero-order valence-electron chi connectivity index (χ0n) is 22.2. The van der Waals surface area contributed by atoms with Crippen LogP contribution in [-0.2, 0) is 9.53 Å². The fourth-order valence-electron chi connectivity index (χ4n) is 4.45. The van der Waals surface area contributed by atoms with Crippen molar-refractivity contribution in [3.63, 3.8) is 0 Å². The predicted molar refractivity (Wildman–Crippen MR) is 150 cm³/mol. The van der Waals surface area contributed by atoms with Gasteiger partial charge in [0.05, 0.1) is 36.6 Å². The minimum atomic E-state index is -3.01. The van der Waals surface area contributed by atoms with Gasteiger partial charge in [-0.2, -0.15) is 8.78 Å². The maximum absolute atomic E-state index is 13.9. The number of rotatable bonds is 10. The monoisotopic (exact) mass is 636 g/mol. The summed E-state index contributed by atoms with van der Waals surface area (Å²) in [6.45, 7) is 0.837. The Kier molecular flexibility index (Phi) is 9.41. The molecule has 0 amide bonds. The summed E-state index contributed by atoms with van der Waals surface area (Å²) < 4.78 is 48.8. The summed E-state index contributed by atoms with van der Waals surface area (Å²) in [5.74, 6) is -0.105. The second-order valence-electron chi connectivity index (χ2n) is 8.59. The number of halogens is 3. The molecule has 8 nitrogen and oxygen atoms in total. The molecule has 0 radical (unpaired) electrons. The van der Waals surface area contributed by atoms with Crippen LogP contribution in [0.25, 0.3) is 6.08 Å². The van der Waals surface area contributed by atoms with Gasteiger partial charge in [0.2, 0.25) is 0 Å². The smallest absolute Gasteiger partial charge is 0.387 e. The summed E-state index contributed by atoms with van der Waals surface area (Å²) >= 11 is 4.65. The molecule has 1 aliphatic rings. The fraction of sp³-hybridized carbons (Fsp3) is 0.321. The molecule has 1 aromatic heterocycles. The highest BCUT2D eigenvalue weighted by Crippen LogP contribution is 2.38. The molecule has 0 fully saturated rings. The molecule has 0 N–H and O–H groups in total. The van der Waals surface area contributed by atoms with Crippen molar-refractivity contribution in [3.8, 4) is 17.2 Å². The van der Waals surface area contributed by atoms with Gasteiger partial charge in [-0.15, -0.1) is 0 Å². The molecule has 212 valence electrons. The van der Waals surface area contributed by atoms with Crippen LogP contribution in [-0.4, -0.2) is 38.0 Å². The van der Waals surface area contributed by atoms with E-state index >= 15 is 0 Å². The van der Waals surface area contributed by atoms with E-state index in [1.807, 2.05) is 19.1 Å². The van der Waals surface area contributed by atoms with Crippen LogP contribution in [0.5, 0.6) is 17.2 Å². The average Bonchev–Trinajstić information content (AvgIpc) is 3.22. The van der Waals surface area contributed by atoms with Gasteiger partial charge in [-0.05, 0) is 55.3 Å². The van der Waals surface area contributed by atoms with Gasteiger partial charge in [0.25, 0.3) is 5.56 Å². The zero-order chi connectivity index (χ0) is 29.0. The van der Waals surface area contributed by atoms with Crippen LogP contribution in [0.15, 0.2) is 61.9 Å². The number of carbonyl (C=O) groups excluding carboxylic acids is 1. The van der Waals surface area contributed by atoms with Gasteiger partial charge in [-0.3, -0.25) is 9.36 Å². The minimum absolute atomic E-state index is 0.0911. The van der Waals surface area contributed by atoms with Gasteiger partial charge in [0, 0.05) is 10.0 Å². The van der Waals surface area contributed by atoms with Crippen LogP contribution in [0.1, 0.15) is 43.9 Å². The third-order valence-electron chi connectivity index (χ3n) is 6.08. The van der Waals surface area contributed by atoms with E-state index in [1.165, 1.54) is 30.9 Å². The molecule has 40 heavy (non-hydrogen) atoms. The lowest BCUT2D eigenvalue weighted by molar-refractivity contribution is -0.139. The normalized spacial score (nSPS) is 15.1. The lowest BCUT2D eigenvalue weighted by atomic mass is 9.93. The van der Waals surface area contributed by atoms with Crippen molar-refractivity contribution in [1.29, 1.82) is 0 Å². The summed E-state index contributed by atoms with van der Waals surface area (Å²) in [5.41, 5.74) is 1.54. The molecule has 12 heteroatoms. The van der Waals surface area contributed by atoms with E-state index in [4.69, 9.17) is 19.2 Å². The first kappa shape index (κ1) is 29.5. The molecule has 0 saturated heterocycles. The van der Waals surface area contributed by atoms with Gasteiger partial charge in [-0.25, -0.2) is 9.79 Å². The fourth-order valence-corrected chi connectivity index (χ4v) is 5.85. The lowest BCUT2D eigenvalue weighted by Gasteiger charge is -2.27. The molecule has 2 aromatic carbocycles. The van der Waals surface area contributed by atoms with E-state index in [1.54, 1.807) is 25.1 Å². The summed E-state index contributed by atoms with van der Waals surface area (Å²) in [6.07, 6.45) is 2.82. The maximum Gasteiger partial charge on any atom is 0.387 e. The highest BCUT2D eigenvalue weighted by Gasteiger charge is 2.36. The number of methoxy groups -OCH3 is 2. The van der Waals surface area contributed by atoms with Crippen molar-refractivity contribution in [1.82, 2.24) is 4.57 Å². The average molecular weight is 637 g/mol. The second-order valence-corrected chi connectivity index (χ2v) is 10.5. The van der Waals surface area contributed by atoms with Crippen LogP contribution in [0.3, 0.4) is 0 Å². The van der Waals surface area contributed by atoms with Crippen LogP contribution in [0, 0.1) is 0 Å². The third kappa shape index (κ3) is 5.97. The Labute approximate surface area is 241 Å². The van der Waals surface area contributed by atoms with E-state index in [2.05, 4.69) is 20.7 Å². The van der Waals surface area contributed by atoms with Gasteiger partial charge in [0.15, 0.2) is 16.3 Å². The largest absolute Gasteiger partial charge is 0.496 e. The number of alkyl halides is 2. The van der Waals surface area contributed by atoms with Crippen LogP contribution < -0.4 is 29.1 Å². The SMILES string of the molecule is CCCC1=C(C(=O)OCC)[C@H](c2cc(Br)ccc2OC)n2c(s/c(=C\c3ccc(OC(F)F)c(OC)c3)c2=O)=N1. The summed E-state index contributed by atoms with van der Waals surface area (Å²) in [7, 11) is 2.86. The maximum atomic E-state index is 13.9. The van der Waals surface area contributed by atoms with Gasteiger partial charge in [0.1, 0.15) is 11.8 Å². The van der Waals surface area contributed by atoms with Crippen LogP contribution >= 0.6 is 27.3 Å². The van der Waals surface area contributed by atoms with Crippen molar-refractivity contribution in [2.45, 2.75) is 39.3 Å². The minimum Gasteiger partial charge on any atom is -0.496 e. The highest BCUT2D eigenvalue weighted by molar-refractivity contribution is 9.10. The quantitative estimate of drug-likeness (QED) is 0.292. The van der Waals surface area contributed by atoms with Crippen molar-refractivity contribution in [2.24, 2.45) is 4.99 Å². The van der Waals surface area contributed by atoms with E-state index in [-0.39, 0.29) is 29.2 Å². The number of hydrogen-bond acceptors (Lipinski definition) is 8. The van der Waals surface area contributed by atoms with Crippen molar-refractivity contribution >= 4 is 39.3 Å². The lowest BCUT2D eigenvalue weighted by Crippen LogP contribution is -2.40. The molecule has 1 aliphatic heterocycles. The first-order valence-electron chi connectivity index (χ1n) is 12.4. The first-order valence-corrected chi connectivity index (χ1v) is 14.0. The molecule has 0 aliphatic carbocycles. The molecule has 3 aromatic rings. The van der Waals surface area contributed by atoms with E-state index in [0.717, 1.165) is 15.8 Å². The number of aromatic nitrogens is 1. The van der Waals surface area contributed by atoms with Crippen LogP contribution in [0.2, 0.25) is 0 Å². The summed E-state index contributed by atoms with van der Waals surface area (Å²) in [5, 5.41) is 0. The first-order chi connectivity index (χ1) is 19.2. The van der Waals surface area contributed by atoms with E-state index < -0.39 is 18.6 Å². The molecule has 0 bridgehead atoms. The van der Waals surface area contributed by atoms with Gasteiger partial charge >= 0.3 is 12.6 Å². The Balaban J connectivity index is 1.98. The number of hydrogen-bond donors (Lipinski definition) is 0. The van der Waals surface area contributed by atoms with E-state index in [9.17, 15) is 18.4 Å².